The van der Waals surface area contributed by atoms with E-state index < -0.39 is 0 Å². The van der Waals surface area contributed by atoms with Gasteiger partial charge in [-0.1, -0.05) is 105 Å². The highest BCUT2D eigenvalue weighted by Gasteiger charge is 2.21. The van der Waals surface area contributed by atoms with Crippen LogP contribution in [0.1, 0.15) is 128 Å². The van der Waals surface area contributed by atoms with Crippen molar-refractivity contribution in [3.8, 4) is 0 Å². The molecular weight excluding hydrogens is 540 g/mol. The molecule has 1 fully saturated rings. The van der Waals surface area contributed by atoms with E-state index in [9.17, 15) is 4.79 Å². The van der Waals surface area contributed by atoms with Crippen LogP contribution in [0.25, 0.3) is 11.2 Å². The Hall–Kier alpha value is -2.66. The van der Waals surface area contributed by atoms with Gasteiger partial charge in [-0.25, -0.2) is 4.98 Å². The molecule has 0 spiro atoms. The van der Waals surface area contributed by atoms with Crippen LogP contribution >= 0.6 is 0 Å². The largest absolute Gasteiger partial charge is 0.367 e. The number of likely N-dealkylation sites (N-methyl/N-ethyl adjacent to an activating group) is 1. The molecule has 0 radical (unpaired) electrons. The fraction of sp³-hybridized carbons (Fsp3) is 0.641. The van der Waals surface area contributed by atoms with Crippen molar-refractivity contribution in [3.63, 3.8) is 0 Å². The fourth-order valence-corrected chi connectivity index (χ4v) is 4.68. The van der Waals surface area contributed by atoms with Crippen molar-refractivity contribution in [2.24, 2.45) is 11.8 Å². The summed E-state index contributed by atoms with van der Waals surface area (Å²) in [6.07, 6.45) is 14.4. The number of fused-ring (bicyclic) bond motifs is 1. The molecule has 0 aliphatic carbocycles. The van der Waals surface area contributed by atoms with Gasteiger partial charge in [0.1, 0.15) is 5.65 Å². The quantitative estimate of drug-likeness (QED) is 0.210. The highest BCUT2D eigenvalue weighted by Crippen LogP contribution is 2.24. The zero-order valence-corrected chi connectivity index (χ0v) is 31.1. The van der Waals surface area contributed by atoms with Crippen molar-refractivity contribution in [2.75, 3.05) is 31.6 Å². The Morgan fingerprint density at radius 2 is 1.59 bits per heavy atom. The van der Waals surface area contributed by atoms with Gasteiger partial charge in [0.05, 0.1) is 11.4 Å². The second-order valence-electron chi connectivity index (χ2n) is 11.8. The monoisotopic (exact) mass is 609 g/mol. The smallest absolute Gasteiger partial charge is 0.258 e. The minimum atomic E-state index is -0.0339. The number of nitrogens with zero attached hydrogens (tertiary/aromatic N) is 4. The molecule has 0 saturated carbocycles. The molecule has 0 N–H and O–H groups in total. The van der Waals surface area contributed by atoms with E-state index in [0.717, 1.165) is 55.3 Å². The lowest BCUT2D eigenvalue weighted by Gasteiger charge is -2.39. The molecule has 1 saturated heterocycles. The van der Waals surface area contributed by atoms with E-state index in [2.05, 4.69) is 110 Å². The zero-order chi connectivity index (χ0) is 33.8. The molecule has 0 bridgehead atoms. The van der Waals surface area contributed by atoms with Gasteiger partial charge in [-0.2, -0.15) is 0 Å². The van der Waals surface area contributed by atoms with Crippen LogP contribution in [0.2, 0.25) is 0 Å². The number of pyridine rings is 1. The maximum atomic E-state index is 13.0. The molecule has 3 heterocycles. The Morgan fingerprint density at radius 3 is 2.05 bits per heavy atom. The van der Waals surface area contributed by atoms with Crippen molar-refractivity contribution in [2.45, 2.75) is 128 Å². The fourth-order valence-electron chi connectivity index (χ4n) is 4.68. The van der Waals surface area contributed by atoms with Gasteiger partial charge in [-0.05, 0) is 83.5 Å². The van der Waals surface area contributed by atoms with E-state index in [1.807, 2.05) is 33.0 Å². The predicted molar refractivity (Wildman–Crippen MR) is 198 cm³/mol. The minimum absolute atomic E-state index is 0.0339. The maximum absolute atomic E-state index is 13.0. The lowest BCUT2D eigenvalue weighted by Crippen LogP contribution is -2.50. The molecule has 3 rings (SSSR count). The van der Waals surface area contributed by atoms with E-state index >= 15 is 0 Å². The summed E-state index contributed by atoms with van der Waals surface area (Å²) in [7, 11) is 2.16. The first-order valence-corrected chi connectivity index (χ1v) is 17.5. The van der Waals surface area contributed by atoms with Gasteiger partial charge in [0.2, 0.25) is 0 Å². The molecule has 2 aromatic heterocycles. The predicted octanol–water partition coefficient (Wildman–Crippen LogP) is 10.5. The minimum Gasteiger partial charge on any atom is -0.367 e. The normalized spacial score (nSPS) is 17.5. The van der Waals surface area contributed by atoms with Crippen molar-refractivity contribution in [1.29, 1.82) is 0 Å². The molecule has 5 nitrogen and oxygen atoms in total. The van der Waals surface area contributed by atoms with E-state index in [0.29, 0.717) is 17.6 Å². The van der Waals surface area contributed by atoms with Crippen LogP contribution in [-0.4, -0.2) is 47.0 Å². The molecule has 2 aromatic rings. The number of anilines is 1. The Morgan fingerprint density at radius 1 is 0.977 bits per heavy atom. The number of rotatable bonds is 9. The first kappa shape index (κ1) is 41.3. The van der Waals surface area contributed by atoms with Gasteiger partial charge < -0.3 is 9.80 Å². The summed E-state index contributed by atoms with van der Waals surface area (Å²) >= 11 is 0. The van der Waals surface area contributed by atoms with Gasteiger partial charge in [0.15, 0.2) is 0 Å². The highest BCUT2D eigenvalue weighted by atomic mass is 16.1. The first-order valence-electron chi connectivity index (χ1n) is 17.5. The van der Waals surface area contributed by atoms with Crippen LogP contribution < -0.4 is 10.5 Å². The third kappa shape index (κ3) is 13.1. The van der Waals surface area contributed by atoms with Crippen LogP contribution in [0.4, 0.5) is 5.69 Å². The summed E-state index contributed by atoms with van der Waals surface area (Å²) in [5.74, 6) is 1.31. The number of hydrogen-bond acceptors (Lipinski definition) is 4. The lowest BCUT2D eigenvalue weighted by atomic mass is 9.93. The molecule has 0 aromatic carbocycles. The van der Waals surface area contributed by atoms with Gasteiger partial charge in [0, 0.05) is 37.9 Å². The second-order valence-corrected chi connectivity index (χ2v) is 11.8. The van der Waals surface area contributed by atoms with Gasteiger partial charge in [-0.3, -0.25) is 9.20 Å². The molecule has 1 aliphatic rings. The Kier molecular flexibility index (Phi) is 21.4. The third-order valence-corrected chi connectivity index (χ3v) is 8.92. The topological polar surface area (TPSA) is 40.9 Å². The SMILES string of the molecule is C/C=C(/C)C(C)CC.C/C=C(\C=C(/CC)C(C)CC)c1cc(=O)n2cc(N3CCN(C)C(C)C3)ccc2n1.CC.CCCC. The van der Waals surface area contributed by atoms with Crippen LogP contribution in [0.3, 0.4) is 0 Å². The summed E-state index contributed by atoms with van der Waals surface area (Å²) in [6.45, 7) is 31.0. The molecule has 1 aliphatic heterocycles. The second kappa shape index (κ2) is 22.8. The zero-order valence-electron chi connectivity index (χ0n) is 31.1. The van der Waals surface area contributed by atoms with E-state index in [4.69, 9.17) is 4.98 Å². The van der Waals surface area contributed by atoms with E-state index in [1.165, 1.54) is 30.4 Å². The Bertz CT molecular complexity index is 1220. The van der Waals surface area contributed by atoms with Gasteiger partial charge in [0.25, 0.3) is 5.56 Å². The molecule has 250 valence electrons. The third-order valence-electron chi connectivity index (χ3n) is 8.92. The summed E-state index contributed by atoms with van der Waals surface area (Å²) in [6, 6.07) is 6.22. The molecule has 5 heteroatoms. The number of allylic oxidation sites excluding steroid dienone is 6. The van der Waals surface area contributed by atoms with Crippen molar-refractivity contribution >= 4 is 16.9 Å². The lowest BCUT2D eigenvalue weighted by molar-refractivity contribution is 0.234. The van der Waals surface area contributed by atoms with Gasteiger partial charge in [-0.15, -0.1) is 0 Å². The number of aromatic nitrogens is 2. The van der Waals surface area contributed by atoms with Crippen molar-refractivity contribution in [3.05, 3.63) is 69.8 Å². The Labute approximate surface area is 272 Å². The highest BCUT2D eigenvalue weighted by molar-refractivity contribution is 5.73. The van der Waals surface area contributed by atoms with E-state index in [-0.39, 0.29) is 5.56 Å². The number of piperazine rings is 1. The van der Waals surface area contributed by atoms with Crippen molar-refractivity contribution < 1.29 is 0 Å². The van der Waals surface area contributed by atoms with Gasteiger partial charge >= 0.3 is 0 Å². The van der Waals surface area contributed by atoms with Crippen LogP contribution in [0.15, 0.2) is 58.6 Å². The average Bonchev–Trinajstić information content (AvgIpc) is 3.06. The first-order chi connectivity index (χ1) is 21.0. The summed E-state index contributed by atoms with van der Waals surface area (Å²) < 4.78 is 1.67. The molecule has 3 atom stereocenters. The number of hydrogen-bond donors (Lipinski definition) is 0. The summed E-state index contributed by atoms with van der Waals surface area (Å²) in [5.41, 5.74) is 6.41. The number of unbranched alkanes of at least 4 members (excludes halogenated alkanes) is 1. The average molecular weight is 609 g/mol. The summed E-state index contributed by atoms with van der Waals surface area (Å²) in [5, 5.41) is 0. The molecule has 0 amide bonds. The molecule has 3 unspecified atom stereocenters. The summed E-state index contributed by atoms with van der Waals surface area (Å²) in [4.78, 5) is 22.5. The van der Waals surface area contributed by atoms with Crippen LogP contribution in [-0.2, 0) is 0 Å². The molecule has 44 heavy (non-hydrogen) atoms. The van der Waals surface area contributed by atoms with Crippen molar-refractivity contribution in [1.82, 2.24) is 14.3 Å². The Balaban J connectivity index is 0.00000111. The van der Waals surface area contributed by atoms with E-state index in [1.54, 1.807) is 10.5 Å². The van der Waals surface area contributed by atoms with Crippen LogP contribution in [0.5, 0.6) is 0 Å². The van der Waals surface area contributed by atoms with Crippen LogP contribution in [0, 0.1) is 11.8 Å². The molecular formula is C39H68N4O. The standard InChI is InChI=1S/C25H36N4O.C8H16.C4H10.C2H6/c1-7-18(4)20(8-2)14-21(9-3)23-15-25(30)29-17-22(10-11-24(29)26-23)28-13-12-27(6)19(5)16-28;1-5-7(3)8(4)6-2;1-3-4-2;1-2/h9-11,14-15,17-19H,7-8,12-13,16H2,1-6H3;5,8H,6H2,1-4H3;3-4H2,1-2H3;1-2H3/b20-14+,21-9+;7-5-;;. The maximum Gasteiger partial charge on any atom is 0.258 e.